The van der Waals surface area contributed by atoms with Crippen LogP contribution in [0.15, 0.2) is 45.0 Å². The lowest BCUT2D eigenvalue weighted by molar-refractivity contribution is 0.0369. The minimum atomic E-state index is -4.10. The second kappa shape index (κ2) is 14.0. The molecule has 0 radical (unpaired) electrons. The Bertz CT molecular complexity index is 1760. The maximum absolute atomic E-state index is 12.4. The number of nitrogens with one attached hydrogen (secondary N) is 3. The van der Waals surface area contributed by atoms with Gasteiger partial charge in [0.2, 0.25) is 30.1 Å². The van der Waals surface area contributed by atoms with Gasteiger partial charge in [-0.25, -0.2) is 40.5 Å². The van der Waals surface area contributed by atoms with Crippen molar-refractivity contribution < 1.29 is 30.0 Å². The molecule has 0 spiro atoms. The van der Waals surface area contributed by atoms with Crippen molar-refractivity contribution in [2.45, 2.75) is 98.1 Å². The fraction of sp³-hybridized carbons (Fsp3) is 0.519. The zero-order chi connectivity index (χ0) is 33.3. The maximum atomic E-state index is 12.4. The molecular formula is C27H38Cl2N6O7S3. The number of nitrogens with two attached hydrogens (primary N) is 2. The molecule has 2 heterocycles. The molecule has 3 unspecified atom stereocenters. The second-order valence-electron chi connectivity index (χ2n) is 11.7. The molecular weight excluding hydrogens is 687 g/mol. The number of anilines is 1. The number of carbonyl (C=O) groups excluding carboxylic acids is 1. The number of hydrazine groups is 1. The topological polar surface area (TPSA) is 211 Å². The van der Waals surface area contributed by atoms with Crippen LogP contribution in [-0.4, -0.2) is 54.4 Å². The van der Waals surface area contributed by atoms with Crippen LogP contribution in [0.2, 0.25) is 10.0 Å². The van der Waals surface area contributed by atoms with Gasteiger partial charge in [0, 0.05) is 17.6 Å². The van der Waals surface area contributed by atoms with Gasteiger partial charge in [-0.1, -0.05) is 55.3 Å². The molecule has 2 aromatic carbocycles. The van der Waals surface area contributed by atoms with E-state index in [0.29, 0.717) is 18.0 Å². The first-order valence-corrected chi connectivity index (χ1v) is 19.8. The summed E-state index contributed by atoms with van der Waals surface area (Å²) in [6.07, 6.45) is 7.94. The van der Waals surface area contributed by atoms with Gasteiger partial charge >= 0.3 is 0 Å². The van der Waals surface area contributed by atoms with Gasteiger partial charge in [-0.2, -0.15) is 4.72 Å². The van der Waals surface area contributed by atoms with Crippen LogP contribution < -0.4 is 25.7 Å². The molecule has 2 aromatic rings. The number of hydrogen-bond acceptors (Lipinski definition) is 9. The van der Waals surface area contributed by atoms with Gasteiger partial charge in [0.25, 0.3) is 5.91 Å². The summed E-state index contributed by atoms with van der Waals surface area (Å²) in [4.78, 5) is 11.6. The molecule has 18 heteroatoms. The highest BCUT2D eigenvalue weighted by molar-refractivity contribution is 7.90. The molecule has 13 nitrogen and oxygen atoms in total. The average molecular weight is 726 g/mol. The quantitative estimate of drug-likeness (QED) is 0.295. The number of hydrogen-bond donors (Lipinski definition) is 5. The first-order valence-electron chi connectivity index (χ1n) is 14.4. The van der Waals surface area contributed by atoms with Crippen LogP contribution in [-0.2, 0) is 30.1 Å². The highest BCUT2D eigenvalue weighted by Crippen LogP contribution is 2.36. The van der Waals surface area contributed by atoms with Crippen LogP contribution in [0.1, 0.15) is 75.6 Å². The minimum absolute atomic E-state index is 0.00115. The summed E-state index contributed by atoms with van der Waals surface area (Å²) in [5.74, 6) is 0.109. The van der Waals surface area contributed by atoms with E-state index in [1.54, 1.807) is 0 Å². The smallest absolute Gasteiger partial charge is 0.265 e. The molecule has 0 aromatic heterocycles. The van der Waals surface area contributed by atoms with E-state index in [0.717, 1.165) is 38.2 Å². The number of halogens is 2. The van der Waals surface area contributed by atoms with E-state index >= 15 is 0 Å². The summed E-state index contributed by atoms with van der Waals surface area (Å²) in [7, 11) is -11.9. The predicted octanol–water partition coefficient (Wildman–Crippen LogP) is 3.49. The van der Waals surface area contributed by atoms with Crippen LogP contribution in [0.25, 0.3) is 0 Å². The second-order valence-corrected chi connectivity index (χ2v) is 17.3. The Labute approximate surface area is 274 Å². The van der Waals surface area contributed by atoms with Crippen molar-refractivity contribution in [3.05, 3.63) is 45.9 Å². The lowest BCUT2D eigenvalue weighted by Gasteiger charge is -2.38. The van der Waals surface area contributed by atoms with Crippen molar-refractivity contribution in [2.75, 3.05) is 5.32 Å². The third kappa shape index (κ3) is 8.87. The molecule has 0 bridgehead atoms. The van der Waals surface area contributed by atoms with E-state index in [1.807, 2.05) is 18.9 Å². The van der Waals surface area contributed by atoms with Gasteiger partial charge in [0.05, 0.1) is 21.9 Å². The third-order valence-electron chi connectivity index (χ3n) is 8.23. The average Bonchev–Trinajstić information content (AvgIpc) is 3.42. The van der Waals surface area contributed by atoms with Gasteiger partial charge in [-0.05, 0) is 69.4 Å². The largest absolute Gasteiger partial charge is 0.368 e. The Morgan fingerprint density at radius 3 is 2.07 bits per heavy atom. The number of nitrogens with zero attached hydrogens (tertiary/aromatic N) is 1. The minimum Gasteiger partial charge on any atom is -0.368 e. The number of amides is 1. The standard InChI is InChI=1S/C14H20ClN3O3S.C13H18ClN3O4S2/c1-9-4-3-5-10(2)18(9)17-14(19)11-6-7-12(15)13(8-11)22(16,20)21;14-9-6-10-12(7-11(9)22(15,18)19)23(20,21)17-13(16-10)5-8-3-1-2-4-8/h6-10H,3-5H2,1-2H3,(H,17,19)(H2,16,20,21);6-8,13,16-17H,1-5H2,(H2,15,18,19). The summed E-state index contributed by atoms with van der Waals surface area (Å²) in [5.41, 5.74) is 3.35. The first kappa shape index (κ1) is 35.8. The van der Waals surface area contributed by atoms with Gasteiger partial charge in [-0.3, -0.25) is 10.2 Å². The van der Waals surface area contributed by atoms with Crippen LogP contribution in [0.3, 0.4) is 0 Å². The summed E-state index contributed by atoms with van der Waals surface area (Å²) in [5, 5.41) is 15.1. The van der Waals surface area contributed by atoms with Crippen LogP contribution >= 0.6 is 23.2 Å². The third-order valence-corrected chi connectivity index (χ3v) is 12.5. The molecule has 7 N–H and O–H groups in total. The molecule has 1 amide bonds. The summed E-state index contributed by atoms with van der Waals surface area (Å²) in [6.45, 7) is 4.10. The number of carbonyl (C=O) groups is 1. The fourth-order valence-electron chi connectivity index (χ4n) is 5.93. The van der Waals surface area contributed by atoms with Crippen molar-refractivity contribution >= 4 is 64.9 Å². The number of sulfonamides is 3. The Morgan fingerprint density at radius 1 is 0.911 bits per heavy atom. The molecule has 1 saturated carbocycles. The van der Waals surface area contributed by atoms with Gasteiger partial charge < -0.3 is 5.32 Å². The monoisotopic (exact) mass is 724 g/mol. The molecule has 2 fully saturated rings. The number of rotatable bonds is 6. The summed E-state index contributed by atoms with van der Waals surface area (Å²) in [6, 6.07) is 6.80. The van der Waals surface area contributed by atoms with Crippen molar-refractivity contribution in [3.63, 3.8) is 0 Å². The maximum Gasteiger partial charge on any atom is 0.265 e. The van der Waals surface area contributed by atoms with Crippen molar-refractivity contribution in [1.82, 2.24) is 15.2 Å². The van der Waals surface area contributed by atoms with Crippen LogP contribution in [0.4, 0.5) is 5.69 Å². The van der Waals surface area contributed by atoms with E-state index in [4.69, 9.17) is 33.5 Å². The van der Waals surface area contributed by atoms with E-state index in [2.05, 4.69) is 15.5 Å². The Balaban J connectivity index is 0.000000205. The highest BCUT2D eigenvalue weighted by Gasteiger charge is 2.33. The van der Waals surface area contributed by atoms with E-state index < -0.39 is 41.1 Å². The predicted molar refractivity (Wildman–Crippen MR) is 172 cm³/mol. The van der Waals surface area contributed by atoms with Gasteiger partial charge in [0.1, 0.15) is 14.7 Å². The Hall–Kier alpha value is -2.02. The summed E-state index contributed by atoms with van der Waals surface area (Å²) >= 11 is 11.8. The Morgan fingerprint density at radius 2 is 1.49 bits per heavy atom. The van der Waals surface area contributed by atoms with Crippen LogP contribution in [0.5, 0.6) is 0 Å². The van der Waals surface area contributed by atoms with Crippen molar-refractivity contribution in [3.8, 4) is 0 Å². The summed E-state index contributed by atoms with van der Waals surface area (Å²) < 4.78 is 73.3. The molecule has 2 aliphatic heterocycles. The van der Waals surface area contributed by atoms with Crippen LogP contribution in [0, 0.1) is 5.92 Å². The molecule has 1 aliphatic carbocycles. The highest BCUT2D eigenvalue weighted by atomic mass is 35.5. The molecule has 5 rings (SSSR count). The van der Waals surface area contributed by atoms with Gasteiger partial charge in [-0.15, -0.1) is 0 Å². The van der Waals surface area contributed by atoms with E-state index in [-0.39, 0.29) is 43.4 Å². The normalized spacial score (nSPS) is 23.7. The number of piperidine rings is 1. The molecule has 1 saturated heterocycles. The fourth-order valence-corrected chi connectivity index (χ4v) is 9.51. The molecule has 250 valence electrons. The first-order chi connectivity index (χ1) is 20.9. The zero-order valence-electron chi connectivity index (χ0n) is 24.8. The lowest BCUT2D eigenvalue weighted by Crippen LogP contribution is -2.54. The van der Waals surface area contributed by atoms with Gasteiger partial charge in [0.15, 0.2) is 0 Å². The zero-order valence-corrected chi connectivity index (χ0v) is 28.8. The SMILES string of the molecule is CC1CCCC(C)N1NC(=O)c1ccc(Cl)c(S(N)(=O)=O)c1.NS(=O)(=O)c1cc2c(cc1Cl)NC(CC1CCCC1)NS2(=O)=O. The number of primary sulfonamides is 2. The molecule has 45 heavy (non-hydrogen) atoms. The van der Waals surface area contributed by atoms with Crippen molar-refractivity contribution in [2.24, 2.45) is 16.2 Å². The molecule has 3 atom stereocenters. The number of benzene rings is 2. The lowest BCUT2D eigenvalue weighted by atomic mass is 10.00. The van der Waals surface area contributed by atoms with E-state index in [9.17, 15) is 30.0 Å². The number of fused-ring (bicyclic) bond motifs is 1. The van der Waals surface area contributed by atoms with E-state index in [1.165, 1.54) is 37.1 Å². The Kier molecular flexibility index (Phi) is 11.1. The van der Waals surface area contributed by atoms with Crippen molar-refractivity contribution in [1.29, 1.82) is 0 Å². The molecule has 3 aliphatic rings.